The van der Waals surface area contributed by atoms with E-state index < -0.39 is 23.8 Å². The molecule has 0 aromatic heterocycles. The standard InChI is InChI=1S/C25H34ClN3O5/c1-4-33-24(31)21-17(3)27-20(16-29-12-10-28(11-13-29)14-15-30)23(25(32)34-5-2)22(21)18-8-6-7-9-19(18)26/h6-9,21-22,30H,4-5,10-16H2,1-3H3. The van der Waals surface area contributed by atoms with Gasteiger partial charge in [0.15, 0.2) is 0 Å². The topological polar surface area (TPSA) is 91.7 Å². The highest BCUT2D eigenvalue weighted by Crippen LogP contribution is 2.42. The maximum absolute atomic E-state index is 13.3. The van der Waals surface area contributed by atoms with Crippen LogP contribution in [0.3, 0.4) is 0 Å². The molecule has 3 rings (SSSR count). The molecule has 0 spiro atoms. The molecule has 2 atom stereocenters. The van der Waals surface area contributed by atoms with E-state index in [0.29, 0.717) is 40.7 Å². The van der Waals surface area contributed by atoms with E-state index in [-0.39, 0.29) is 19.8 Å². The molecule has 8 nitrogen and oxygen atoms in total. The Balaban J connectivity index is 2.05. The summed E-state index contributed by atoms with van der Waals surface area (Å²) in [5, 5.41) is 9.68. The minimum Gasteiger partial charge on any atom is -0.465 e. The van der Waals surface area contributed by atoms with E-state index in [9.17, 15) is 14.7 Å². The lowest BCUT2D eigenvalue weighted by molar-refractivity contribution is -0.146. The zero-order valence-corrected chi connectivity index (χ0v) is 20.9. The molecular formula is C25H34ClN3O5. The molecule has 1 saturated heterocycles. The Morgan fingerprint density at radius 2 is 1.74 bits per heavy atom. The van der Waals surface area contributed by atoms with E-state index in [1.165, 1.54) is 0 Å². The molecule has 1 fully saturated rings. The summed E-state index contributed by atoms with van der Waals surface area (Å²) in [6, 6.07) is 7.24. The van der Waals surface area contributed by atoms with E-state index in [1.807, 2.05) is 18.2 Å². The zero-order valence-electron chi connectivity index (χ0n) is 20.1. The Hall–Kier alpha value is -2.26. The van der Waals surface area contributed by atoms with Crippen molar-refractivity contribution in [2.24, 2.45) is 10.9 Å². The molecule has 9 heteroatoms. The van der Waals surface area contributed by atoms with Crippen molar-refractivity contribution >= 4 is 29.3 Å². The number of aliphatic hydroxyl groups excluding tert-OH is 1. The van der Waals surface area contributed by atoms with Crippen LogP contribution in [0.5, 0.6) is 0 Å². The molecule has 0 amide bonds. The molecule has 186 valence electrons. The normalized spacial score (nSPS) is 21.9. The summed E-state index contributed by atoms with van der Waals surface area (Å²) in [7, 11) is 0. The molecule has 2 aliphatic rings. The van der Waals surface area contributed by atoms with Crippen molar-refractivity contribution in [3.8, 4) is 0 Å². The summed E-state index contributed by atoms with van der Waals surface area (Å²) in [5.41, 5.74) is 2.21. The number of carbonyl (C=O) groups is 2. The van der Waals surface area contributed by atoms with Crippen molar-refractivity contribution in [2.75, 3.05) is 59.1 Å². The molecule has 1 N–H and O–H groups in total. The third-order valence-corrected chi connectivity index (χ3v) is 6.59. The Labute approximate surface area is 206 Å². The van der Waals surface area contributed by atoms with Gasteiger partial charge >= 0.3 is 11.9 Å². The number of piperazine rings is 1. The Morgan fingerprint density at radius 1 is 1.09 bits per heavy atom. The number of β-amino-alcohol motifs (C(OH)–C–C–N with tert-alkyl or cyclic N) is 1. The number of hydrogen-bond acceptors (Lipinski definition) is 8. The summed E-state index contributed by atoms with van der Waals surface area (Å²) in [4.78, 5) is 35.6. The monoisotopic (exact) mass is 491 g/mol. The first kappa shape index (κ1) is 26.3. The van der Waals surface area contributed by atoms with Crippen LogP contribution in [0.1, 0.15) is 32.3 Å². The van der Waals surface area contributed by atoms with E-state index in [0.717, 1.165) is 26.2 Å². The number of aliphatic hydroxyl groups is 1. The molecule has 2 heterocycles. The van der Waals surface area contributed by atoms with E-state index in [4.69, 9.17) is 26.1 Å². The fraction of sp³-hybridized carbons (Fsp3) is 0.560. The van der Waals surface area contributed by atoms with Gasteiger partial charge in [0.25, 0.3) is 0 Å². The summed E-state index contributed by atoms with van der Waals surface area (Å²) in [6.07, 6.45) is 0. The summed E-state index contributed by atoms with van der Waals surface area (Å²) in [6.45, 7) is 10.2. The largest absolute Gasteiger partial charge is 0.465 e. The van der Waals surface area contributed by atoms with Crippen molar-refractivity contribution in [3.63, 3.8) is 0 Å². The lowest BCUT2D eigenvalue weighted by atomic mass is 9.75. The van der Waals surface area contributed by atoms with Gasteiger partial charge in [-0.1, -0.05) is 29.8 Å². The van der Waals surface area contributed by atoms with Gasteiger partial charge in [0, 0.05) is 55.9 Å². The van der Waals surface area contributed by atoms with Crippen molar-refractivity contribution in [1.29, 1.82) is 0 Å². The van der Waals surface area contributed by atoms with Gasteiger partial charge < -0.3 is 14.6 Å². The lowest BCUT2D eigenvalue weighted by Gasteiger charge is -2.37. The average molecular weight is 492 g/mol. The number of halogens is 1. The number of nitrogens with zero attached hydrogens (tertiary/aromatic N) is 3. The number of hydrogen-bond donors (Lipinski definition) is 1. The lowest BCUT2D eigenvalue weighted by Crippen LogP contribution is -2.48. The van der Waals surface area contributed by atoms with Gasteiger partial charge in [-0.2, -0.15) is 0 Å². The first-order chi connectivity index (χ1) is 16.4. The third kappa shape index (κ3) is 6.05. The van der Waals surface area contributed by atoms with Gasteiger partial charge in [0.2, 0.25) is 0 Å². The van der Waals surface area contributed by atoms with Crippen molar-refractivity contribution in [1.82, 2.24) is 9.80 Å². The van der Waals surface area contributed by atoms with E-state index >= 15 is 0 Å². The van der Waals surface area contributed by atoms with Crippen LogP contribution >= 0.6 is 11.6 Å². The van der Waals surface area contributed by atoms with Gasteiger partial charge in [-0.3, -0.25) is 19.6 Å². The minimum absolute atomic E-state index is 0.135. The van der Waals surface area contributed by atoms with Crippen molar-refractivity contribution in [2.45, 2.75) is 26.7 Å². The van der Waals surface area contributed by atoms with Crippen LogP contribution in [0.4, 0.5) is 0 Å². The van der Waals surface area contributed by atoms with Gasteiger partial charge in [-0.05, 0) is 32.4 Å². The van der Waals surface area contributed by atoms with Crippen molar-refractivity contribution < 1.29 is 24.2 Å². The number of benzene rings is 1. The number of esters is 2. The quantitative estimate of drug-likeness (QED) is 0.530. The minimum atomic E-state index is -0.774. The van der Waals surface area contributed by atoms with Gasteiger partial charge in [-0.25, -0.2) is 4.79 Å². The van der Waals surface area contributed by atoms with Crippen LogP contribution in [0.15, 0.2) is 40.5 Å². The first-order valence-electron chi connectivity index (χ1n) is 11.8. The summed E-state index contributed by atoms with van der Waals surface area (Å²) < 4.78 is 10.8. The third-order valence-electron chi connectivity index (χ3n) is 6.25. The summed E-state index contributed by atoms with van der Waals surface area (Å²) >= 11 is 6.58. The number of aliphatic imine (C=N–C) groups is 1. The predicted molar refractivity (Wildman–Crippen MR) is 131 cm³/mol. The molecule has 1 aromatic rings. The molecule has 0 saturated carbocycles. The zero-order chi connectivity index (χ0) is 24.7. The van der Waals surface area contributed by atoms with Gasteiger partial charge in [0.1, 0.15) is 5.92 Å². The number of ether oxygens (including phenoxy) is 2. The van der Waals surface area contributed by atoms with Crippen LogP contribution in [-0.4, -0.2) is 91.6 Å². The maximum Gasteiger partial charge on any atom is 0.336 e. The second kappa shape index (κ2) is 12.4. The molecule has 0 aliphatic carbocycles. The molecular weight excluding hydrogens is 458 g/mol. The van der Waals surface area contributed by atoms with E-state index in [2.05, 4.69) is 9.80 Å². The molecule has 34 heavy (non-hydrogen) atoms. The van der Waals surface area contributed by atoms with Crippen molar-refractivity contribution in [3.05, 3.63) is 46.1 Å². The molecule has 2 aliphatic heterocycles. The average Bonchev–Trinajstić information content (AvgIpc) is 2.80. The highest BCUT2D eigenvalue weighted by Gasteiger charge is 2.44. The highest BCUT2D eigenvalue weighted by atomic mass is 35.5. The SMILES string of the molecule is CCOC(=O)C1=C(CN2CCN(CCO)CC2)N=C(C)C(C(=O)OCC)C1c1ccccc1Cl. The van der Waals surface area contributed by atoms with Crippen LogP contribution in [-0.2, 0) is 19.1 Å². The second-order valence-corrected chi connectivity index (χ2v) is 8.81. The maximum atomic E-state index is 13.3. The molecule has 2 unspecified atom stereocenters. The predicted octanol–water partition coefficient (Wildman–Crippen LogP) is 2.50. The molecule has 0 bridgehead atoms. The smallest absolute Gasteiger partial charge is 0.336 e. The molecule has 0 radical (unpaired) electrons. The Morgan fingerprint density at radius 3 is 2.35 bits per heavy atom. The second-order valence-electron chi connectivity index (χ2n) is 8.40. The van der Waals surface area contributed by atoms with Crippen LogP contribution < -0.4 is 0 Å². The molecule has 1 aromatic carbocycles. The summed E-state index contributed by atoms with van der Waals surface area (Å²) in [5.74, 6) is -2.36. The highest BCUT2D eigenvalue weighted by molar-refractivity contribution is 6.31. The van der Waals surface area contributed by atoms with Crippen LogP contribution in [0, 0.1) is 5.92 Å². The number of rotatable bonds is 9. The Bertz CT molecular complexity index is 940. The van der Waals surface area contributed by atoms with Crippen LogP contribution in [0.2, 0.25) is 5.02 Å². The fourth-order valence-electron chi connectivity index (χ4n) is 4.63. The first-order valence-corrected chi connectivity index (χ1v) is 12.2. The van der Waals surface area contributed by atoms with E-state index in [1.54, 1.807) is 26.8 Å². The van der Waals surface area contributed by atoms with Crippen LogP contribution in [0.25, 0.3) is 0 Å². The van der Waals surface area contributed by atoms with Gasteiger partial charge in [0.05, 0.1) is 31.1 Å². The fourth-order valence-corrected chi connectivity index (χ4v) is 4.88. The Kier molecular flexibility index (Phi) is 9.64. The number of carbonyl (C=O) groups excluding carboxylic acids is 2. The van der Waals surface area contributed by atoms with Gasteiger partial charge in [-0.15, -0.1) is 0 Å².